The van der Waals surface area contributed by atoms with E-state index in [9.17, 15) is 5.11 Å². The first kappa shape index (κ1) is 17.9. The van der Waals surface area contributed by atoms with Crippen molar-refractivity contribution in [2.75, 3.05) is 26.2 Å². The summed E-state index contributed by atoms with van der Waals surface area (Å²) in [6.07, 6.45) is 11.6. The lowest BCUT2D eigenvalue weighted by Gasteiger charge is -2.46. The summed E-state index contributed by atoms with van der Waals surface area (Å²) in [4.78, 5) is 9.55. The SMILES string of the molecule is OCC[C@@H]1CN(Cc2cccc3cnccc23)CCN1C1CCCCC1. The summed E-state index contributed by atoms with van der Waals surface area (Å²) >= 11 is 0. The topological polar surface area (TPSA) is 39.6 Å². The molecule has 0 spiro atoms. The highest BCUT2D eigenvalue weighted by Gasteiger charge is 2.32. The fraction of sp³-hybridized carbons (Fsp3) is 0.591. The van der Waals surface area contributed by atoms with Gasteiger partial charge in [-0.3, -0.25) is 14.8 Å². The number of aromatic nitrogens is 1. The zero-order chi connectivity index (χ0) is 17.8. The molecule has 26 heavy (non-hydrogen) atoms. The number of fused-ring (bicyclic) bond motifs is 1. The maximum absolute atomic E-state index is 9.60. The van der Waals surface area contributed by atoms with Crippen LogP contribution in [0, 0.1) is 0 Å². The molecule has 2 aliphatic rings. The molecule has 1 aliphatic carbocycles. The Morgan fingerprint density at radius 3 is 2.81 bits per heavy atom. The number of piperazine rings is 1. The summed E-state index contributed by atoms with van der Waals surface area (Å²) in [6, 6.07) is 9.90. The van der Waals surface area contributed by atoms with Crippen molar-refractivity contribution in [2.24, 2.45) is 0 Å². The van der Waals surface area contributed by atoms with E-state index in [0.29, 0.717) is 12.6 Å². The first-order chi connectivity index (χ1) is 12.8. The highest BCUT2D eigenvalue weighted by molar-refractivity contribution is 5.84. The van der Waals surface area contributed by atoms with E-state index < -0.39 is 0 Å². The van der Waals surface area contributed by atoms with Crippen molar-refractivity contribution >= 4 is 10.8 Å². The van der Waals surface area contributed by atoms with Gasteiger partial charge >= 0.3 is 0 Å². The minimum atomic E-state index is 0.293. The fourth-order valence-electron chi connectivity index (χ4n) is 4.95. The molecule has 1 saturated heterocycles. The van der Waals surface area contributed by atoms with Crippen LogP contribution in [-0.2, 0) is 6.54 Å². The second kappa shape index (κ2) is 8.47. The van der Waals surface area contributed by atoms with E-state index in [1.54, 1.807) is 0 Å². The van der Waals surface area contributed by atoms with Crippen LogP contribution >= 0.6 is 0 Å². The Balaban J connectivity index is 1.46. The van der Waals surface area contributed by atoms with Gasteiger partial charge in [-0.25, -0.2) is 0 Å². The molecule has 2 fully saturated rings. The minimum Gasteiger partial charge on any atom is -0.396 e. The molecule has 4 heteroatoms. The Kier molecular flexibility index (Phi) is 5.83. The normalized spacial score (nSPS) is 23.5. The summed E-state index contributed by atoms with van der Waals surface area (Å²) in [5.74, 6) is 0. The summed E-state index contributed by atoms with van der Waals surface area (Å²) in [7, 11) is 0. The summed E-state index contributed by atoms with van der Waals surface area (Å²) < 4.78 is 0. The van der Waals surface area contributed by atoms with E-state index in [-0.39, 0.29) is 0 Å². The standard InChI is InChI=1S/C22H31N3O/c26-14-10-21-17-24(12-13-25(21)20-7-2-1-3-8-20)16-19-6-4-5-18-15-23-11-9-22(18)19/h4-6,9,11,15,20-21,26H,1-3,7-8,10,12-14,16-17H2/t21-/m1/s1. The monoisotopic (exact) mass is 353 g/mol. The molecule has 1 aromatic carbocycles. The highest BCUT2D eigenvalue weighted by Crippen LogP contribution is 2.28. The highest BCUT2D eigenvalue weighted by atomic mass is 16.3. The predicted octanol–water partition coefficient (Wildman–Crippen LogP) is 3.44. The van der Waals surface area contributed by atoms with Crippen LogP contribution in [0.1, 0.15) is 44.1 Å². The molecule has 0 amide bonds. The van der Waals surface area contributed by atoms with Gasteiger partial charge in [0.2, 0.25) is 0 Å². The minimum absolute atomic E-state index is 0.293. The van der Waals surface area contributed by atoms with E-state index >= 15 is 0 Å². The third kappa shape index (κ3) is 3.93. The molecule has 1 atom stereocenters. The number of hydrogen-bond acceptors (Lipinski definition) is 4. The zero-order valence-corrected chi connectivity index (χ0v) is 15.7. The molecule has 4 nitrogen and oxygen atoms in total. The number of hydrogen-bond donors (Lipinski definition) is 1. The molecule has 1 aromatic heterocycles. The van der Waals surface area contributed by atoms with Gasteiger partial charge in [0.05, 0.1) is 0 Å². The van der Waals surface area contributed by atoms with Gasteiger partial charge in [0.1, 0.15) is 0 Å². The van der Waals surface area contributed by atoms with Crippen molar-refractivity contribution < 1.29 is 5.11 Å². The van der Waals surface area contributed by atoms with Crippen molar-refractivity contribution in [3.8, 4) is 0 Å². The average Bonchev–Trinajstić information content (AvgIpc) is 2.69. The molecule has 2 aromatic rings. The third-order valence-electron chi connectivity index (χ3n) is 6.28. The Bertz CT molecular complexity index is 708. The van der Waals surface area contributed by atoms with Gasteiger partial charge in [-0.05, 0) is 36.3 Å². The quantitative estimate of drug-likeness (QED) is 0.894. The summed E-state index contributed by atoms with van der Waals surface area (Å²) in [6.45, 7) is 4.61. The van der Waals surface area contributed by atoms with Crippen molar-refractivity contribution in [1.82, 2.24) is 14.8 Å². The largest absolute Gasteiger partial charge is 0.396 e. The van der Waals surface area contributed by atoms with Crippen molar-refractivity contribution in [2.45, 2.75) is 57.2 Å². The second-order valence-electron chi connectivity index (χ2n) is 7.94. The number of benzene rings is 1. The van der Waals surface area contributed by atoms with E-state index in [2.05, 4.69) is 39.0 Å². The van der Waals surface area contributed by atoms with Gasteiger partial charge in [0.15, 0.2) is 0 Å². The van der Waals surface area contributed by atoms with E-state index in [0.717, 1.165) is 38.6 Å². The lowest BCUT2D eigenvalue weighted by Crippen LogP contribution is -2.56. The first-order valence-corrected chi connectivity index (χ1v) is 10.3. The molecule has 2 heterocycles. The van der Waals surface area contributed by atoms with Crippen molar-refractivity contribution in [3.05, 3.63) is 42.2 Å². The molecule has 1 aliphatic heterocycles. The van der Waals surface area contributed by atoms with Crippen molar-refractivity contribution in [1.29, 1.82) is 0 Å². The van der Waals surface area contributed by atoms with Crippen molar-refractivity contribution in [3.63, 3.8) is 0 Å². The maximum atomic E-state index is 9.60. The lowest BCUT2D eigenvalue weighted by molar-refractivity contribution is 0.0138. The van der Waals surface area contributed by atoms with Gasteiger partial charge in [-0.2, -0.15) is 0 Å². The molecular formula is C22H31N3O. The van der Waals surface area contributed by atoms with E-state index in [4.69, 9.17) is 0 Å². The summed E-state index contributed by atoms with van der Waals surface area (Å²) in [5.41, 5.74) is 1.39. The number of aliphatic hydroxyl groups is 1. The van der Waals surface area contributed by atoms with Gasteiger partial charge in [-0.1, -0.05) is 37.5 Å². The van der Waals surface area contributed by atoms with Gasteiger partial charge in [-0.15, -0.1) is 0 Å². The Morgan fingerprint density at radius 1 is 1.08 bits per heavy atom. The second-order valence-corrected chi connectivity index (χ2v) is 7.94. The predicted molar refractivity (Wildman–Crippen MR) is 106 cm³/mol. The average molecular weight is 354 g/mol. The van der Waals surface area contributed by atoms with Crippen LogP contribution in [0.3, 0.4) is 0 Å². The van der Waals surface area contributed by atoms with Crippen LogP contribution in [0.2, 0.25) is 0 Å². The van der Waals surface area contributed by atoms with Crippen LogP contribution in [-0.4, -0.2) is 58.2 Å². The van der Waals surface area contributed by atoms with E-state index in [1.807, 2.05) is 12.4 Å². The Labute approximate surface area is 156 Å². The smallest absolute Gasteiger partial charge is 0.0446 e. The molecule has 4 rings (SSSR count). The number of pyridine rings is 1. The zero-order valence-electron chi connectivity index (χ0n) is 15.7. The van der Waals surface area contributed by atoms with Crippen LogP contribution in [0.25, 0.3) is 10.8 Å². The van der Waals surface area contributed by atoms with E-state index in [1.165, 1.54) is 48.4 Å². The van der Waals surface area contributed by atoms with Crippen LogP contribution < -0.4 is 0 Å². The number of nitrogens with zero attached hydrogens (tertiary/aromatic N) is 3. The Hall–Kier alpha value is -1.49. The first-order valence-electron chi connectivity index (χ1n) is 10.3. The van der Waals surface area contributed by atoms with Gasteiger partial charge in [0.25, 0.3) is 0 Å². The maximum Gasteiger partial charge on any atom is 0.0446 e. The Morgan fingerprint density at radius 2 is 1.96 bits per heavy atom. The van der Waals surface area contributed by atoms with Crippen LogP contribution in [0.4, 0.5) is 0 Å². The molecule has 0 radical (unpaired) electrons. The molecular weight excluding hydrogens is 322 g/mol. The van der Waals surface area contributed by atoms with Crippen LogP contribution in [0.5, 0.6) is 0 Å². The number of aliphatic hydroxyl groups excluding tert-OH is 1. The molecule has 140 valence electrons. The van der Waals surface area contributed by atoms with Gasteiger partial charge < -0.3 is 5.11 Å². The molecule has 1 N–H and O–H groups in total. The molecule has 0 unspecified atom stereocenters. The van der Waals surface area contributed by atoms with Gasteiger partial charge in [0, 0.05) is 62.6 Å². The fourth-order valence-corrected chi connectivity index (χ4v) is 4.95. The number of rotatable bonds is 5. The summed E-state index contributed by atoms with van der Waals surface area (Å²) in [5, 5.41) is 12.1. The molecule has 1 saturated carbocycles. The lowest BCUT2D eigenvalue weighted by atomic mass is 9.91. The van der Waals surface area contributed by atoms with Crippen LogP contribution in [0.15, 0.2) is 36.7 Å². The molecule has 0 bridgehead atoms. The third-order valence-corrected chi connectivity index (χ3v) is 6.28.